The summed E-state index contributed by atoms with van der Waals surface area (Å²) in [5.74, 6) is -4.60. The van der Waals surface area contributed by atoms with Gasteiger partial charge in [0.1, 0.15) is 11.9 Å². The number of carbonyl (C=O) groups excluding carboxylic acids is 4. The lowest BCUT2D eigenvalue weighted by atomic mass is 10.1. The summed E-state index contributed by atoms with van der Waals surface area (Å²) < 4.78 is 62.2. The second-order valence-electron chi connectivity index (χ2n) is 11.5. The summed E-state index contributed by atoms with van der Waals surface area (Å²) in [5, 5.41) is 11.2. The number of aromatic nitrogens is 3. The van der Waals surface area contributed by atoms with Gasteiger partial charge in [-0.1, -0.05) is 35.9 Å². The molecule has 0 bridgehead atoms. The Morgan fingerprint density at radius 3 is 2.23 bits per heavy atom. The number of hydrogen-bond donors (Lipinski definition) is 4. The number of alkyl halides is 3. The Balaban J connectivity index is 1.24. The number of nitrogens with one attached hydrogen (secondary N) is 4. The number of para-hydroxylation sites is 1. The predicted molar refractivity (Wildman–Crippen MR) is 180 cm³/mol. The van der Waals surface area contributed by atoms with Gasteiger partial charge in [0.25, 0.3) is 11.8 Å². The molecule has 1 aliphatic rings. The monoisotopic (exact) mass is 743 g/mol. The van der Waals surface area contributed by atoms with Crippen molar-refractivity contribution in [3.8, 4) is 6.01 Å². The van der Waals surface area contributed by atoms with Crippen molar-refractivity contribution in [3.05, 3.63) is 94.8 Å². The van der Waals surface area contributed by atoms with Gasteiger partial charge in [0.15, 0.2) is 6.61 Å². The largest absolute Gasteiger partial charge is 0.467 e. The molecule has 4 aromatic rings. The molecule has 4 N–H and O–H groups in total. The van der Waals surface area contributed by atoms with Crippen LogP contribution < -0.4 is 26.0 Å². The molecule has 0 aliphatic heterocycles. The summed E-state index contributed by atoms with van der Waals surface area (Å²) in [6, 6.07) is 16.1. The normalized spacial score (nSPS) is 13.7. The van der Waals surface area contributed by atoms with Gasteiger partial charge in [0.05, 0.1) is 18.3 Å². The maximum atomic E-state index is 13.8. The summed E-state index contributed by atoms with van der Waals surface area (Å²) >= 11 is 6.01. The van der Waals surface area contributed by atoms with E-state index in [-0.39, 0.29) is 29.6 Å². The van der Waals surface area contributed by atoms with Gasteiger partial charge in [-0.3, -0.25) is 14.4 Å². The van der Waals surface area contributed by atoms with E-state index in [0.717, 1.165) is 18.7 Å². The molecule has 1 saturated carbocycles. The molecule has 0 saturated heterocycles. The Morgan fingerprint density at radius 2 is 1.60 bits per heavy atom. The number of hydrogen-bond acceptors (Lipinski definition) is 11. The van der Waals surface area contributed by atoms with Crippen LogP contribution in [0.5, 0.6) is 6.01 Å². The number of ketones is 1. The molecule has 52 heavy (non-hydrogen) atoms. The summed E-state index contributed by atoms with van der Waals surface area (Å²) in [5.41, 5.74) is 0.521. The molecule has 1 fully saturated rings. The van der Waals surface area contributed by atoms with Crippen LogP contribution >= 0.6 is 11.6 Å². The number of esters is 1. The van der Waals surface area contributed by atoms with Crippen LogP contribution in [-0.4, -0.2) is 64.5 Å². The third-order valence-corrected chi connectivity index (χ3v) is 7.96. The first kappa shape index (κ1) is 37.4. The minimum Gasteiger partial charge on any atom is -0.467 e. The Morgan fingerprint density at radius 1 is 0.923 bits per heavy atom. The molecule has 0 radical (unpaired) electrons. The smallest absolute Gasteiger partial charge is 0.422 e. The number of halogens is 5. The highest BCUT2D eigenvalue weighted by atomic mass is 35.5. The van der Waals surface area contributed by atoms with Crippen molar-refractivity contribution >= 4 is 58.4 Å². The molecule has 13 nitrogen and oxygen atoms in total. The second-order valence-corrected chi connectivity index (χ2v) is 12.0. The van der Waals surface area contributed by atoms with E-state index in [4.69, 9.17) is 21.1 Å². The highest BCUT2D eigenvalue weighted by molar-refractivity contribution is 6.40. The Labute approximate surface area is 298 Å². The van der Waals surface area contributed by atoms with Crippen LogP contribution in [0.3, 0.4) is 0 Å². The van der Waals surface area contributed by atoms with Crippen molar-refractivity contribution in [1.82, 2.24) is 20.3 Å². The maximum Gasteiger partial charge on any atom is 0.422 e. The van der Waals surface area contributed by atoms with Gasteiger partial charge in [-0.25, -0.2) is 9.18 Å². The molecule has 1 atom stereocenters. The maximum absolute atomic E-state index is 13.8. The molecular formula is C34H30ClF4N7O6. The number of nitrogens with zero attached hydrogens (tertiary/aromatic N) is 3. The highest BCUT2D eigenvalue weighted by Crippen LogP contribution is 2.48. The van der Waals surface area contributed by atoms with Crippen LogP contribution in [0, 0.1) is 5.82 Å². The third-order valence-electron chi connectivity index (χ3n) is 7.71. The lowest BCUT2D eigenvalue weighted by Gasteiger charge is -2.19. The van der Waals surface area contributed by atoms with Crippen molar-refractivity contribution in [3.63, 3.8) is 0 Å². The number of benzene rings is 3. The first-order chi connectivity index (χ1) is 24.7. The number of rotatable bonds is 15. The molecule has 2 amide bonds. The number of amides is 2. The average molecular weight is 744 g/mol. The van der Waals surface area contributed by atoms with E-state index in [1.54, 1.807) is 12.1 Å². The molecule has 18 heteroatoms. The van der Waals surface area contributed by atoms with E-state index in [1.807, 2.05) is 12.1 Å². The molecule has 1 aromatic heterocycles. The number of methoxy groups -OCH3 is 1. The first-order valence-electron chi connectivity index (χ1n) is 15.6. The van der Waals surface area contributed by atoms with Gasteiger partial charge in [-0.2, -0.15) is 28.1 Å². The van der Waals surface area contributed by atoms with Crippen LogP contribution in [0.4, 0.5) is 40.8 Å². The predicted octanol–water partition coefficient (Wildman–Crippen LogP) is 5.71. The van der Waals surface area contributed by atoms with Gasteiger partial charge in [-0.05, 0) is 73.4 Å². The molecule has 0 spiro atoms. The summed E-state index contributed by atoms with van der Waals surface area (Å²) in [6.07, 6.45) is -4.02. The van der Waals surface area contributed by atoms with E-state index in [2.05, 4.69) is 36.2 Å². The van der Waals surface area contributed by atoms with Gasteiger partial charge >= 0.3 is 18.2 Å². The number of Topliss-reactive ketones (excluding diaryl/α,β-unsaturated/α-hetero) is 1. The number of anilines is 4. The zero-order valence-corrected chi connectivity index (χ0v) is 28.0. The topological polar surface area (TPSA) is 174 Å². The first-order valence-corrected chi connectivity index (χ1v) is 16.0. The highest BCUT2D eigenvalue weighted by Gasteiger charge is 2.45. The van der Waals surface area contributed by atoms with Crippen LogP contribution in [0.1, 0.15) is 41.6 Å². The molecule has 5 rings (SSSR count). The van der Waals surface area contributed by atoms with Crippen molar-refractivity contribution in [2.45, 2.75) is 43.4 Å². The van der Waals surface area contributed by atoms with Crippen LogP contribution in [0.2, 0.25) is 5.02 Å². The Bertz CT molecular complexity index is 1940. The van der Waals surface area contributed by atoms with Crippen LogP contribution in [0.15, 0.2) is 72.8 Å². The van der Waals surface area contributed by atoms with E-state index < -0.39 is 66.2 Å². The fourth-order valence-corrected chi connectivity index (χ4v) is 5.01. The zero-order chi connectivity index (χ0) is 37.5. The molecule has 3 aromatic carbocycles. The number of ether oxygens (including phenoxy) is 2. The van der Waals surface area contributed by atoms with Crippen molar-refractivity contribution < 1.29 is 46.2 Å². The fraction of sp³-hybridized carbons (Fsp3) is 0.265. The van der Waals surface area contributed by atoms with Gasteiger partial charge in [-0.15, -0.1) is 0 Å². The van der Waals surface area contributed by atoms with Crippen molar-refractivity contribution in [2.75, 3.05) is 29.7 Å². The standard InChI is InChI=1S/C34H30ClF4N7O6/c1-51-29(50)25(14-15-26(47)28(49)41-24-5-3-2-4-23(24)36)42-27(48)19-6-12-22(13-7-19)40-30-43-31(45-32(44-30)52-18-34(37,38)39)46-33(16-17-33)20-8-10-21(35)11-9-20/h2-13,25H,14-18H2,1H3,(H,41,49)(H,42,48)(H2,40,43,44,45,46)/t25-/m0/s1. The summed E-state index contributed by atoms with van der Waals surface area (Å²) in [6.45, 7) is -1.64. The average Bonchev–Trinajstić information content (AvgIpc) is 3.90. The van der Waals surface area contributed by atoms with Gasteiger partial charge in [0, 0.05) is 22.7 Å². The minimum atomic E-state index is -4.65. The van der Waals surface area contributed by atoms with Crippen molar-refractivity contribution in [2.24, 2.45) is 0 Å². The quantitative estimate of drug-likeness (QED) is 0.0668. The Hall–Kier alpha value is -5.84. The number of carbonyl (C=O) groups is 4. The summed E-state index contributed by atoms with van der Waals surface area (Å²) in [7, 11) is 1.08. The third kappa shape index (κ3) is 10.1. The molecule has 272 valence electrons. The molecule has 1 heterocycles. The van der Waals surface area contributed by atoms with Crippen LogP contribution in [-0.2, 0) is 24.7 Å². The zero-order valence-electron chi connectivity index (χ0n) is 27.2. The Kier molecular flexibility index (Phi) is 11.5. The molecular weight excluding hydrogens is 714 g/mol. The SMILES string of the molecule is COC(=O)[C@H](CCC(=O)C(=O)Nc1ccccc1F)NC(=O)c1ccc(Nc2nc(NC3(c4ccc(Cl)cc4)CC3)nc(OCC(F)(F)F)n2)cc1. The summed E-state index contributed by atoms with van der Waals surface area (Å²) in [4.78, 5) is 62.3. The lowest BCUT2D eigenvalue weighted by Crippen LogP contribution is -2.42. The molecule has 1 aliphatic carbocycles. The lowest BCUT2D eigenvalue weighted by molar-refractivity contribution is -0.154. The molecule has 0 unspecified atom stereocenters. The fourth-order valence-electron chi connectivity index (χ4n) is 4.88. The van der Waals surface area contributed by atoms with E-state index >= 15 is 0 Å². The van der Waals surface area contributed by atoms with Gasteiger partial charge < -0.3 is 30.7 Å². The van der Waals surface area contributed by atoms with Gasteiger partial charge in [0.2, 0.25) is 17.7 Å². The van der Waals surface area contributed by atoms with Crippen molar-refractivity contribution in [1.29, 1.82) is 0 Å². The van der Waals surface area contributed by atoms with E-state index in [9.17, 15) is 36.7 Å². The minimum absolute atomic E-state index is 0.0461. The van der Waals surface area contributed by atoms with E-state index in [0.29, 0.717) is 23.6 Å². The van der Waals surface area contributed by atoms with Crippen LogP contribution in [0.25, 0.3) is 0 Å². The van der Waals surface area contributed by atoms with E-state index in [1.165, 1.54) is 42.5 Å². The second kappa shape index (κ2) is 16.0.